The number of anilines is 1. The van der Waals surface area contributed by atoms with Crippen LogP contribution in [0.5, 0.6) is 0 Å². The molecule has 0 radical (unpaired) electrons. The Bertz CT molecular complexity index is 1110. The number of nitro groups is 1. The van der Waals surface area contributed by atoms with Gasteiger partial charge in [0.2, 0.25) is 5.91 Å². The molecule has 0 spiro atoms. The summed E-state index contributed by atoms with van der Waals surface area (Å²) in [5.41, 5.74) is 0.0511. The summed E-state index contributed by atoms with van der Waals surface area (Å²) in [6.45, 7) is 7.25. The molecule has 0 bridgehead atoms. The summed E-state index contributed by atoms with van der Waals surface area (Å²) in [5, 5.41) is 16.0. The maximum Gasteiger partial charge on any atom is 0.325 e. The third-order valence-electron chi connectivity index (χ3n) is 5.33. The van der Waals surface area contributed by atoms with Crippen molar-refractivity contribution in [2.75, 3.05) is 11.9 Å². The van der Waals surface area contributed by atoms with Crippen molar-refractivity contribution in [3.05, 3.63) is 68.7 Å². The lowest BCUT2D eigenvalue weighted by Crippen LogP contribution is -2.42. The van der Waals surface area contributed by atoms with Crippen LogP contribution in [0.15, 0.2) is 42.5 Å². The SMILES string of the molecule is CC(C)(C)c1ccc(C2(C)NC(=O)N(CC(=O)Nc3ccc(Cl)c([N+](=O)[O-])c3)C2=O)cc1. The quantitative estimate of drug-likeness (QED) is 0.399. The fourth-order valence-electron chi connectivity index (χ4n) is 3.41. The van der Waals surface area contributed by atoms with Crippen LogP contribution in [0.1, 0.15) is 38.8 Å². The first-order valence-electron chi connectivity index (χ1n) is 9.82. The van der Waals surface area contributed by atoms with Gasteiger partial charge in [-0.3, -0.25) is 24.6 Å². The molecule has 10 heteroatoms. The first-order chi connectivity index (χ1) is 14.8. The molecule has 3 rings (SSSR count). The second-order valence-corrected chi connectivity index (χ2v) is 9.15. The van der Waals surface area contributed by atoms with E-state index in [1.807, 2.05) is 12.1 Å². The standard InChI is InChI=1S/C22H23ClN4O5/c1-21(2,3)13-5-7-14(8-6-13)22(4)19(29)26(20(30)25-22)12-18(28)24-15-9-10-16(23)17(11-15)27(31)32/h5-11H,12H2,1-4H3,(H,24,28)(H,25,30). The lowest BCUT2D eigenvalue weighted by atomic mass is 9.84. The van der Waals surface area contributed by atoms with Crippen molar-refractivity contribution in [1.29, 1.82) is 0 Å². The van der Waals surface area contributed by atoms with Crippen molar-refractivity contribution < 1.29 is 19.3 Å². The number of imide groups is 1. The minimum Gasteiger partial charge on any atom is -0.324 e. The molecule has 0 aromatic heterocycles. The van der Waals surface area contributed by atoms with Crippen LogP contribution >= 0.6 is 11.6 Å². The fraction of sp³-hybridized carbons (Fsp3) is 0.318. The third-order valence-corrected chi connectivity index (χ3v) is 5.65. The third kappa shape index (κ3) is 4.43. The van der Waals surface area contributed by atoms with E-state index in [-0.39, 0.29) is 21.8 Å². The molecule has 4 amide bonds. The number of hydrogen-bond acceptors (Lipinski definition) is 5. The van der Waals surface area contributed by atoms with Gasteiger partial charge in [-0.05, 0) is 35.6 Å². The van der Waals surface area contributed by atoms with Crippen LogP contribution in [0.2, 0.25) is 5.02 Å². The fourth-order valence-corrected chi connectivity index (χ4v) is 3.60. The molecule has 1 atom stereocenters. The summed E-state index contributed by atoms with van der Waals surface area (Å²) in [6.07, 6.45) is 0. The lowest BCUT2D eigenvalue weighted by Gasteiger charge is -2.24. The summed E-state index contributed by atoms with van der Waals surface area (Å²) >= 11 is 5.77. The van der Waals surface area contributed by atoms with Gasteiger partial charge in [0, 0.05) is 11.8 Å². The number of carbonyl (C=O) groups excluding carboxylic acids is 3. The molecular formula is C22H23ClN4O5. The van der Waals surface area contributed by atoms with E-state index in [1.165, 1.54) is 12.1 Å². The number of hydrogen-bond donors (Lipinski definition) is 2. The van der Waals surface area contributed by atoms with Gasteiger partial charge in [-0.1, -0.05) is 56.6 Å². The Hall–Kier alpha value is -3.46. The number of rotatable bonds is 5. The van der Waals surface area contributed by atoms with E-state index in [4.69, 9.17) is 11.6 Å². The Morgan fingerprint density at radius 3 is 2.38 bits per heavy atom. The lowest BCUT2D eigenvalue weighted by molar-refractivity contribution is -0.384. The van der Waals surface area contributed by atoms with Crippen molar-refractivity contribution >= 4 is 40.8 Å². The molecule has 1 saturated heterocycles. The summed E-state index contributed by atoms with van der Waals surface area (Å²) in [6, 6.07) is 10.5. The number of nitrogens with one attached hydrogen (secondary N) is 2. The second-order valence-electron chi connectivity index (χ2n) is 8.75. The summed E-state index contributed by atoms with van der Waals surface area (Å²) < 4.78 is 0. The van der Waals surface area contributed by atoms with E-state index < -0.39 is 34.9 Å². The number of halogens is 1. The van der Waals surface area contributed by atoms with E-state index in [0.717, 1.165) is 16.5 Å². The largest absolute Gasteiger partial charge is 0.325 e. The van der Waals surface area contributed by atoms with Gasteiger partial charge >= 0.3 is 6.03 Å². The molecule has 0 aliphatic carbocycles. The monoisotopic (exact) mass is 458 g/mol. The average molecular weight is 459 g/mol. The highest BCUT2D eigenvalue weighted by Gasteiger charge is 2.49. The predicted octanol–water partition coefficient (Wildman–Crippen LogP) is 3.95. The van der Waals surface area contributed by atoms with Gasteiger partial charge in [0.25, 0.3) is 11.6 Å². The molecule has 1 heterocycles. The van der Waals surface area contributed by atoms with Gasteiger partial charge in [0.1, 0.15) is 17.1 Å². The minimum absolute atomic E-state index is 0.0662. The highest BCUT2D eigenvalue weighted by Crippen LogP contribution is 2.31. The molecule has 2 N–H and O–H groups in total. The van der Waals surface area contributed by atoms with Crippen molar-refractivity contribution in [3.8, 4) is 0 Å². The maximum absolute atomic E-state index is 13.1. The van der Waals surface area contributed by atoms with E-state index in [9.17, 15) is 24.5 Å². The smallest absolute Gasteiger partial charge is 0.324 e. The molecule has 0 saturated carbocycles. The average Bonchev–Trinajstić information content (AvgIpc) is 2.92. The van der Waals surface area contributed by atoms with Crippen LogP contribution < -0.4 is 10.6 Å². The molecule has 168 valence electrons. The van der Waals surface area contributed by atoms with Crippen LogP contribution in [0.25, 0.3) is 0 Å². The van der Waals surface area contributed by atoms with Gasteiger partial charge in [-0.25, -0.2) is 4.79 Å². The van der Waals surface area contributed by atoms with Crippen molar-refractivity contribution in [1.82, 2.24) is 10.2 Å². The molecule has 1 aliphatic heterocycles. The van der Waals surface area contributed by atoms with E-state index in [0.29, 0.717) is 5.56 Å². The van der Waals surface area contributed by atoms with Gasteiger partial charge < -0.3 is 10.6 Å². The predicted molar refractivity (Wildman–Crippen MR) is 119 cm³/mol. The molecular weight excluding hydrogens is 436 g/mol. The first-order valence-corrected chi connectivity index (χ1v) is 10.2. The van der Waals surface area contributed by atoms with Gasteiger partial charge in [0.15, 0.2) is 0 Å². The molecule has 1 aliphatic rings. The van der Waals surface area contributed by atoms with E-state index >= 15 is 0 Å². The Morgan fingerprint density at radius 1 is 1.19 bits per heavy atom. The van der Waals surface area contributed by atoms with Crippen LogP contribution in [0, 0.1) is 10.1 Å². The zero-order valence-corrected chi connectivity index (χ0v) is 18.8. The topological polar surface area (TPSA) is 122 Å². The van der Waals surface area contributed by atoms with Gasteiger partial charge in [-0.2, -0.15) is 0 Å². The van der Waals surface area contributed by atoms with Crippen LogP contribution in [0.4, 0.5) is 16.2 Å². The molecule has 32 heavy (non-hydrogen) atoms. The number of urea groups is 1. The van der Waals surface area contributed by atoms with Crippen molar-refractivity contribution in [2.45, 2.75) is 38.6 Å². The Morgan fingerprint density at radius 2 is 1.81 bits per heavy atom. The molecule has 9 nitrogen and oxygen atoms in total. The van der Waals surface area contributed by atoms with Gasteiger partial charge in [-0.15, -0.1) is 0 Å². The van der Waals surface area contributed by atoms with E-state index in [2.05, 4.69) is 31.4 Å². The van der Waals surface area contributed by atoms with Crippen molar-refractivity contribution in [2.24, 2.45) is 0 Å². The van der Waals surface area contributed by atoms with Gasteiger partial charge in [0.05, 0.1) is 4.92 Å². The zero-order valence-electron chi connectivity index (χ0n) is 18.1. The molecule has 2 aromatic carbocycles. The zero-order chi connectivity index (χ0) is 23.8. The molecule has 1 fully saturated rings. The highest BCUT2D eigenvalue weighted by atomic mass is 35.5. The normalized spacial score (nSPS) is 18.5. The molecule has 2 aromatic rings. The summed E-state index contributed by atoms with van der Waals surface area (Å²) in [4.78, 5) is 49.1. The van der Waals surface area contributed by atoms with E-state index in [1.54, 1.807) is 19.1 Å². The number of carbonyl (C=O) groups is 3. The van der Waals surface area contributed by atoms with Crippen LogP contribution in [-0.4, -0.2) is 34.2 Å². The number of amides is 4. The highest BCUT2D eigenvalue weighted by molar-refractivity contribution is 6.32. The number of nitrogens with zero attached hydrogens (tertiary/aromatic N) is 2. The van der Waals surface area contributed by atoms with Crippen LogP contribution in [0.3, 0.4) is 0 Å². The van der Waals surface area contributed by atoms with Crippen LogP contribution in [-0.2, 0) is 20.5 Å². The van der Waals surface area contributed by atoms with Crippen molar-refractivity contribution in [3.63, 3.8) is 0 Å². The summed E-state index contributed by atoms with van der Waals surface area (Å²) in [7, 11) is 0. The number of benzene rings is 2. The first kappa shape index (κ1) is 23.2. The Balaban J connectivity index is 1.75. The second kappa shape index (κ2) is 8.23. The summed E-state index contributed by atoms with van der Waals surface area (Å²) in [5.74, 6) is -1.25. The molecule has 1 unspecified atom stereocenters. The Kier molecular flexibility index (Phi) is 5.97. The minimum atomic E-state index is -1.31. The number of nitro benzene ring substituents is 1. The maximum atomic E-state index is 13.1. The Labute approximate surface area is 189 Å².